The summed E-state index contributed by atoms with van der Waals surface area (Å²) in [4.78, 5) is 17.9. The van der Waals surface area contributed by atoms with Gasteiger partial charge in [-0.2, -0.15) is 0 Å². The van der Waals surface area contributed by atoms with E-state index in [0.29, 0.717) is 23.6 Å². The van der Waals surface area contributed by atoms with Gasteiger partial charge in [0.2, 0.25) is 5.88 Å². The summed E-state index contributed by atoms with van der Waals surface area (Å²) >= 11 is 3.30. The first-order valence-electron chi connectivity index (χ1n) is 6.79. The standard InChI is InChI=1S/C16H16BrFN2O2/c1-3-22-15-9-11(6-7-19-15)16(21)20(2)10-12-8-13(17)4-5-14(12)18/h4-9H,3,10H2,1-2H3. The Hall–Kier alpha value is -1.95. The SMILES string of the molecule is CCOc1cc(C(=O)N(C)Cc2cc(Br)ccc2F)ccn1. The van der Waals surface area contributed by atoms with Crippen molar-refractivity contribution in [3.63, 3.8) is 0 Å². The third-order valence-corrected chi connectivity index (χ3v) is 3.53. The summed E-state index contributed by atoms with van der Waals surface area (Å²) in [6.07, 6.45) is 1.52. The fourth-order valence-corrected chi connectivity index (χ4v) is 2.39. The molecule has 0 aliphatic rings. The number of halogens is 2. The van der Waals surface area contributed by atoms with Crippen LogP contribution in [-0.4, -0.2) is 29.4 Å². The second kappa shape index (κ2) is 7.35. The number of rotatable bonds is 5. The molecule has 0 atom stereocenters. The first-order chi connectivity index (χ1) is 10.5. The number of hydrogen-bond donors (Lipinski definition) is 0. The first-order valence-corrected chi connectivity index (χ1v) is 7.58. The Bertz CT molecular complexity index is 679. The molecule has 0 radical (unpaired) electrons. The fourth-order valence-electron chi connectivity index (χ4n) is 1.98. The molecule has 1 heterocycles. The Morgan fingerprint density at radius 2 is 2.14 bits per heavy atom. The lowest BCUT2D eigenvalue weighted by Gasteiger charge is -2.18. The Balaban J connectivity index is 2.15. The lowest BCUT2D eigenvalue weighted by Crippen LogP contribution is -2.26. The highest BCUT2D eigenvalue weighted by Gasteiger charge is 2.15. The first kappa shape index (κ1) is 16.4. The monoisotopic (exact) mass is 366 g/mol. The molecule has 0 N–H and O–H groups in total. The number of benzene rings is 1. The van der Waals surface area contributed by atoms with Crippen molar-refractivity contribution in [1.29, 1.82) is 0 Å². The molecule has 0 aliphatic carbocycles. The van der Waals surface area contributed by atoms with Crippen LogP contribution in [0.25, 0.3) is 0 Å². The average Bonchev–Trinajstić information content (AvgIpc) is 2.50. The lowest BCUT2D eigenvalue weighted by atomic mass is 10.2. The topological polar surface area (TPSA) is 42.4 Å². The van der Waals surface area contributed by atoms with Crippen LogP contribution in [0.15, 0.2) is 41.0 Å². The van der Waals surface area contributed by atoms with Gasteiger partial charge in [-0.25, -0.2) is 9.37 Å². The van der Waals surface area contributed by atoms with Gasteiger partial charge in [0.1, 0.15) is 5.82 Å². The second-order valence-corrected chi connectivity index (χ2v) is 5.63. The molecule has 0 aliphatic heterocycles. The minimum absolute atomic E-state index is 0.177. The van der Waals surface area contributed by atoms with Crippen LogP contribution in [0, 0.1) is 5.82 Å². The summed E-state index contributed by atoms with van der Waals surface area (Å²) in [6.45, 7) is 2.50. The zero-order valence-electron chi connectivity index (χ0n) is 12.3. The molecule has 0 unspecified atom stereocenters. The quantitative estimate of drug-likeness (QED) is 0.810. The molecule has 0 saturated carbocycles. The van der Waals surface area contributed by atoms with Gasteiger partial charge < -0.3 is 9.64 Å². The fraction of sp³-hybridized carbons (Fsp3) is 0.250. The van der Waals surface area contributed by atoms with Crippen molar-refractivity contribution in [2.45, 2.75) is 13.5 Å². The van der Waals surface area contributed by atoms with Crippen LogP contribution >= 0.6 is 15.9 Å². The lowest BCUT2D eigenvalue weighted by molar-refractivity contribution is 0.0783. The molecule has 0 fully saturated rings. The Morgan fingerprint density at radius 1 is 1.36 bits per heavy atom. The van der Waals surface area contributed by atoms with E-state index in [-0.39, 0.29) is 18.3 Å². The molecule has 0 spiro atoms. The molecule has 1 aromatic heterocycles. The van der Waals surface area contributed by atoms with Gasteiger partial charge in [0.05, 0.1) is 6.61 Å². The zero-order chi connectivity index (χ0) is 16.1. The van der Waals surface area contributed by atoms with E-state index < -0.39 is 0 Å². The molecule has 0 saturated heterocycles. The summed E-state index contributed by atoms with van der Waals surface area (Å²) in [5.41, 5.74) is 0.903. The Morgan fingerprint density at radius 3 is 2.86 bits per heavy atom. The summed E-state index contributed by atoms with van der Waals surface area (Å²) in [5, 5.41) is 0. The van der Waals surface area contributed by atoms with Crippen LogP contribution in [0.5, 0.6) is 5.88 Å². The molecule has 2 aromatic rings. The molecule has 22 heavy (non-hydrogen) atoms. The number of amides is 1. The highest BCUT2D eigenvalue weighted by Crippen LogP contribution is 2.18. The van der Waals surface area contributed by atoms with E-state index in [1.165, 1.54) is 17.2 Å². The number of carbonyl (C=O) groups is 1. The smallest absolute Gasteiger partial charge is 0.254 e. The van der Waals surface area contributed by atoms with Gasteiger partial charge in [0.15, 0.2) is 0 Å². The van der Waals surface area contributed by atoms with Crippen LogP contribution in [0.4, 0.5) is 4.39 Å². The molecular formula is C16H16BrFN2O2. The molecule has 1 aromatic carbocycles. The summed E-state index contributed by atoms with van der Waals surface area (Å²) < 4.78 is 19.8. The van der Waals surface area contributed by atoms with Crippen LogP contribution in [0.3, 0.4) is 0 Å². The maximum Gasteiger partial charge on any atom is 0.254 e. The van der Waals surface area contributed by atoms with Gasteiger partial charge in [-0.3, -0.25) is 4.79 Å². The van der Waals surface area contributed by atoms with Crippen molar-refractivity contribution >= 4 is 21.8 Å². The third-order valence-electron chi connectivity index (χ3n) is 3.04. The summed E-state index contributed by atoms with van der Waals surface area (Å²) in [7, 11) is 1.63. The predicted molar refractivity (Wildman–Crippen MR) is 85.3 cm³/mol. The third kappa shape index (κ3) is 4.04. The number of aromatic nitrogens is 1. The average molecular weight is 367 g/mol. The summed E-state index contributed by atoms with van der Waals surface area (Å²) in [5.74, 6) is -0.161. The number of carbonyl (C=O) groups excluding carboxylic acids is 1. The van der Waals surface area contributed by atoms with Crippen LogP contribution < -0.4 is 4.74 Å². The van der Waals surface area contributed by atoms with Crippen molar-refractivity contribution in [2.75, 3.05) is 13.7 Å². The molecule has 6 heteroatoms. The molecule has 0 bridgehead atoms. The van der Waals surface area contributed by atoms with Gasteiger partial charge in [-0.1, -0.05) is 15.9 Å². The number of nitrogens with zero attached hydrogens (tertiary/aromatic N) is 2. The zero-order valence-corrected chi connectivity index (χ0v) is 13.9. The van der Waals surface area contributed by atoms with Gasteiger partial charge in [-0.15, -0.1) is 0 Å². The Labute approximate surface area is 137 Å². The van der Waals surface area contributed by atoms with Gasteiger partial charge >= 0.3 is 0 Å². The maximum atomic E-state index is 13.8. The molecular weight excluding hydrogens is 351 g/mol. The predicted octanol–water partition coefficient (Wildman–Crippen LogP) is 3.65. The van der Waals surface area contributed by atoms with E-state index in [1.807, 2.05) is 6.92 Å². The number of ether oxygens (including phenoxy) is 1. The number of pyridine rings is 1. The Kier molecular flexibility index (Phi) is 5.49. The van der Waals surface area contributed by atoms with Crippen molar-refractivity contribution in [2.24, 2.45) is 0 Å². The molecule has 1 amide bonds. The molecule has 116 valence electrons. The van der Waals surface area contributed by atoms with Crippen LogP contribution in [-0.2, 0) is 6.54 Å². The highest BCUT2D eigenvalue weighted by molar-refractivity contribution is 9.10. The van der Waals surface area contributed by atoms with Crippen LogP contribution in [0.1, 0.15) is 22.8 Å². The normalized spacial score (nSPS) is 10.4. The van der Waals surface area contributed by atoms with Crippen LogP contribution in [0.2, 0.25) is 0 Å². The minimum atomic E-state index is -0.340. The van der Waals surface area contributed by atoms with E-state index in [1.54, 1.807) is 31.3 Å². The van der Waals surface area contributed by atoms with Gasteiger partial charge in [0.25, 0.3) is 5.91 Å². The second-order valence-electron chi connectivity index (χ2n) is 4.71. The van der Waals surface area contributed by atoms with Crippen molar-refractivity contribution in [1.82, 2.24) is 9.88 Å². The van der Waals surface area contributed by atoms with E-state index in [9.17, 15) is 9.18 Å². The molecule has 4 nitrogen and oxygen atoms in total. The highest BCUT2D eigenvalue weighted by atomic mass is 79.9. The number of hydrogen-bond acceptors (Lipinski definition) is 3. The van der Waals surface area contributed by atoms with Gasteiger partial charge in [-0.05, 0) is 31.2 Å². The van der Waals surface area contributed by atoms with Gasteiger partial charge in [0, 0.05) is 41.5 Å². The minimum Gasteiger partial charge on any atom is -0.478 e. The van der Waals surface area contributed by atoms with Crippen molar-refractivity contribution in [3.8, 4) is 5.88 Å². The van der Waals surface area contributed by atoms with Crippen molar-refractivity contribution < 1.29 is 13.9 Å². The molecule has 2 rings (SSSR count). The maximum absolute atomic E-state index is 13.8. The largest absolute Gasteiger partial charge is 0.478 e. The van der Waals surface area contributed by atoms with E-state index >= 15 is 0 Å². The van der Waals surface area contributed by atoms with E-state index in [4.69, 9.17) is 4.74 Å². The van der Waals surface area contributed by atoms with E-state index in [2.05, 4.69) is 20.9 Å². The van der Waals surface area contributed by atoms with Crippen molar-refractivity contribution in [3.05, 3.63) is 57.9 Å². The van der Waals surface area contributed by atoms with E-state index in [0.717, 1.165) is 4.47 Å². The summed E-state index contributed by atoms with van der Waals surface area (Å²) in [6, 6.07) is 7.85.